The summed E-state index contributed by atoms with van der Waals surface area (Å²) < 4.78 is 0. The van der Waals surface area contributed by atoms with Crippen LogP contribution in [0.3, 0.4) is 0 Å². The molecule has 0 atom stereocenters. The van der Waals surface area contributed by atoms with Gasteiger partial charge in [-0.15, -0.1) is 0 Å². The largest absolute Gasteiger partial charge is 0.350 e. The van der Waals surface area contributed by atoms with Crippen LogP contribution in [0.4, 0.5) is 5.95 Å². The topological polar surface area (TPSA) is 70.2 Å². The maximum absolute atomic E-state index is 12.0. The third-order valence-electron chi connectivity index (χ3n) is 2.42. The van der Waals surface area contributed by atoms with Gasteiger partial charge in [0.2, 0.25) is 5.95 Å². The van der Waals surface area contributed by atoms with Crippen molar-refractivity contribution >= 4 is 11.9 Å². The van der Waals surface area contributed by atoms with E-state index in [-0.39, 0.29) is 11.4 Å². The smallest absolute Gasteiger partial charge is 0.270 e. The minimum atomic E-state index is -0.172. The number of aromatic nitrogens is 2. The molecule has 112 valence electrons. The third kappa shape index (κ3) is 5.97. The number of aryl methyl sites for hydroxylation is 1. The Kier molecular flexibility index (Phi) is 5.44. The van der Waals surface area contributed by atoms with Crippen molar-refractivity contribution in [3.63, 3.8) is 0 Å². The van der Waals surface area contributed by atoms with E-state index in [2.05, 4.69) is 20.6 Å². The van der Waals surface area contributed by atoms with Crippen LogP contribution in [-0.4, -0.2) is 53.5 Å². The molecule has 1 rings (SSSR count). The quantitative estimate of drug-likeness (QED) is 0.850. The fourth-order valence-corrected chi connectivity index (χ4v) is 1.56. The van der Waals surface area contributed by atoms with E-state index in [4.69, 9.17) is 0 Å². The second kappa shape index (κ2) is 6.65. The van der Waals surface area contributed by atoms with Gasteiger partial charge in [-0.2, -0.15) is 0 Å². The maximum Gasteiger partial charge on any atom is 0.270 e. The van der Waals surface area contributed by atoms with Crippen molar-refractivity contribution in [2.24, 2.45) is 0 Å². The Morgan fingerprint density at radius 1 is 1.30 bits per heavy atom. The average molecular weight is 279 g/mol. The maximum atomic E-state index is 12.0. The number of nitrogens with zero attached hydrogens (tertiary/aromatic N) is 3. The summed E-state index contributed by atoms with van der Waals surface area (Å²) in [6, 6.07) is 1.69. The van der Waals surface area contributed by atoms with Crippen LogP contribution in [0.15, 0.2) is 6.07 Å². The van der Waals surface area contributed by atoms with Crippen molar-refractivity contribution < 1.29 is 4.79 Å². The van der Waals surface area contributed by atoms with Crippen molar-refractivity contribution in [1.82, 2.24) is 20.2 Å². The molecule has 0 fully saturated rings. The highest BCUT2D eigenvalue weighted by atomic mass is 16.1. The fourth-order valence-electron chi connectivity index (χ4n) is 1.56. The summed E-state index contributed by atoms with van der Waals surface area (Å²) in [5.41, 5.74) is 1.01. The predicted molar refractivity (Wildman–Crippen MR) is 81.0 cm³/mol. The van der Waals surface area contributed by atoms with Gasteiger partial charge in [0, 0.05) is 24.3 Å². The minimum absolute atomic E-state index is 0.146. The van der Waals surface area contributed by atoms with Crippen LogP contribution in [-0.2, 0) is 0 Å². The third-order valence-corrected chi connectivity index (χ3v) is 2.42. The molecule has 0 aliphatic carbocycles. The van der Waals surface area contributed by atoms with E-state index in [0.29, 0.717) is 18.2 Å². The molecule has 0 spiro atoms. The van der Waals surface area contributed by atoms with Gasteiger partial charge in [-0.3, -0.25) is 4.79 Å². The van der Waals surface area contributed by atoms with Gasteiger partial charge in [-0.05, 0) is 47.9 Å². The normalized spacial score (nSPS) is 11.6. The molecule has 0 aliphatic heterocycles. The van der Waals surface area contributed by atoms with Crippen molar-refractivity contribution in [3.8, 4) is 0 Å². The zero-order chi connectivity index (χ0) is 15.3. The molecule has 0 bridgehead atoms. The predicted octanol–water partition coefficient (Wildman–Crippen LogP) is 1.29. The van der Waals surface area contributed by atoms with E-state index in [9.17, 15) is 4.79 Å². The number of carbonyl (C=O) groups is 1. The Balaban J connectivity index is 2.77. The second-order valence-electron chi connectivity index (χ2n) is 6.15. The van der Waals surface area contributed by atoms with E-state index in [1.807, 2.05) is 46.7 Å². The van der Waals surface area contributed by atoms with E-state index >= 15 is 0 Å². The first kappa shape index (κ1) is 16.4. The molecule has 0 saturated heterocycles. The highest BCUT2D eigenvalue weighted by Gasteiger charge is 2.14. The molecule has 6 heteroatoms. The second-order valence-corrected chi connectivity index (χ2v) is 6.15. The van der Waals surface area contributed by atoms with Gasteiger partial charge in [-0.1, -0.05) is 0 Å². The Hall–Kier alpha value is -1.69. The Labute approximate surface area is 121 Å². The highest BCUT2D eigenvalue weighted by Crippen LogP contribution is 2.11. The number of nitrogens with one attached hydrogen (secondary N) is 2. The number of amides is 1. The number of rotatable bonds is 5. The molecule has 1 aromatic rings. The van der Waals surface area contributed by atoms with Crippen LogP contribution < -0.4 is 10.6 Å². The number of hydrogen-bond acceptors (Lipinski definition) is 5. The molecule has 0 saturated carbocycles. The molecule has 0 aliphatic rings. The van der Waals surface area contributed by atoms with Gasteiger partial charge in [0.1, 0.15) is 5.69 Å². The van der Waals surface area contributed by atoms with Crippen molar-refractivity contribution in [3.05, 3.63) is 17.5 Å². The number of hydrogen-bond donors (Lipinski definition) is 2. The van der Waals surface area contributed by atoms with Gasteiger partial charge < -0.3 is 15.5 Å². The zero-order valence-corrected chi connectivity index (χ0v) is 13.2. The summed E-state index contributed by atoms with van der Waals surface area (Å²) in [6.07, 6.45) is 0. The lowest BCUT2D eigenvalue weighted by Crippen LogP contribution is -2.32. The van der Waals surface area contributed by atoms with E-state index in [1.54, 1.807) is 6.07 Å². The zero-order valence-electron chi connectivity index (χ0n) is 13.2. The first-order valence-electron chi connectivity index (χ1n) is 6.74. The molecule has 0 unspecified atom stereocenters. The number of likely N-dealkylation sites (N-methyl/N-ethyl adjacent to an activating group) is 1. The summed E-state index contributed by atoms with van der Waals surface area (Å²) >= 11 is 0. The standard InChI is InChI=1S/C14H25N5O/c1-10-9-11(12(20)15-7-8-19(5)6)17-13(16-10)18-14(2,3)4/h9H,7-8H2,1-6H3,(H,15,20)(H,16,17,18). The van der Waals surface area contributed by atoms with Crippen molar-refractivity contribution in [2.75, 3.05) is 32.5 Å². The van der Waals surface area contributed by atoms with Crippen LogP contribution >= 0.6 is 0 Å². The number of anilines is 1. The van der Waals surface area contributed by atoms with Gasteiger partial charge >= 0.3 is 0 Å². The first-order chi connectivity index (χ1) is 9.17. The fraction of sp³-hybridized carbons (Fsp3) is 0.643. The van der Waals surface area contributed by atoms with Gasteiger partial charge in [0.15, 0.2) is 0 Å². The molecule has 1 amide bonds. The van der Waals surface area contributed by atoms with Crippen molar-refractivity contribution in [2.45, 2.75) is 33.2 Å². The summed E-state index contributed by atoms with van der Waals surface area (Å²) in [7, 11) is 3.93. The number of carbonyl (C=O) groups excluding carboxylic acids is 1. The lowest BCUT2D eigenvalue weighted by atomic mass is 10.1. The summed E-state index contributed by atoms with van der Waals surface area (Å²) in [5, 5.41) is 6.03. The molecule has 0 radical (unpaired) electrons. The molecule has 2 N–H and O–H groups in total. The molecule has 20 heavy (non-hydrogen) atoms. The monoisotopic (exact) mass is 279 g/mol. The van der Waals surface area contributed by atoms with Crippen LogP contribution in [0.25, 0.3) is 0 Å². The van der Waals surface area contributed by atoms with Crippen LogP contribution in [0.1, 0.15) is 37.0 Å². The Bertz CT molecular complexity index is 465. The minimum Gasteiger partial charge on any atom is -0.350 e. The average Bonchev–Trinajstić information content (AvgIpc) is 2.24. The molecule has 6 nitrogen and oxygen atoms in total. The first-order valence-corrected chi connectivity index (χ1v) is 6.74. The Morgan fingerprint density at radius 3 is 2.50 bits per heavy atom. The molecular weight excluding hydrogens is 254 g/mol. The summed E-state index contributed by atoms with van der Waals surface area (Å²) in [5.74, 6) is 0.310. The van der Waals surface area contributed by atoms with Gasteiger partial charge in [0.25, 0.3) is 5.91 Å². The summed E-state index contributed by atoms with van der Waals surface area (Å²) in [6.45, 7) is 9.31. The van der Waals surface area contributed by atoms with E-state index in [0.717, 1.165) is 12.2 Å². The summed E-state index contributed by atoms with van der Waals surface area (Å²) in [4.78, 5) is 22.6. The van der Waals surface area contributed by atoms with Crippen LogP contribution in [0.2, 0.25) is 0 Å². The van der Waals surface area contributed by atoms with Crippen LogP contribution in [0.5, 0.6) is 0 Å². The molecule has 1 aromatic heterocycles. The highest BCUT2D eigenvalue weighted by molar-refractivity contribution is 5.92. The Morgan fingerprint density at radius 2 is 1.95 bits per heavy atom. The lowest BCUT2D eigenvalue weighted by Gasteiger charge is -2.21. The van der Waals surface area contributed by atoms with Gasteiger partial charge in [0.05, 0.1) is 0 Å². The van der Waals surface area contributed by atoms with Gasteiger partial charge in [-0.25, -0.2) is 9.97 Å². The molecular formula is C14H25N5O. The molecule has 1 heterocycles. The van der Waals surface area contributed by atoms with Crippen LogP contribution in [0, 0.1) is 6.92 Å². The molecule has 0 aromatic carbocycles. The lowest BCUT2D eigenvalue weighted by molar-refractivity contribution is 0.0946. The SMILES string of the molecule is Cc1cc(C(=O)NCCN(C)C)nc(NC(C)(C)C)n1. The van der Waals surface area contributed by atoms with E-state index < -0.39 is 0 Å². The van der Waals surface area contributed by atoms with Crippen molar-refractivity contribution in [1.29, 1.82) is 0 Å². The van der Waals surface area contributed by atoms with E-state index in [1.165, 1.54) is 0 Å².